The smallest absolute Gasteiger partial charge is 0.255 e. The molecule has 0 fully saturated rings. The maximum absolute atomic E-state index is 12.4. The van der Waals surface area contributed by atoms with Gasteiger partial charge in [0.1, 0.15) is 0 Å². The highest BCUT2D eigenvalue weighted by molar-refractivity contribution is 9.10. The van der Waals surface area contributed by atoms with Gasteiger partial charge >= 0.3 is 0 Å². The van der Waals surface area contributed by atoms with Crippen molar-refractivity contribution in [2.45, 2.75) is 0 Å². The first-order valence-electron chi connectivity index (χ1n) is 5.40. The molecule has 0 aromatic heterocycles. The van der Waals surface area contributed by atoms with Gasteiger partial charge in [-0.15, -0.1) is 0 Å². The lowest BCUT2D eigenvalue weighted by Crippen LogP contribution is -2.35. The van der Waals surface area contributed by atoms with E-state index in [0.717, 1.165) is 4.47 Å². The highest BCUT2D eigenvalue weighted by atomic mass is 79.9. The van der Waals surface area contributed by atoms with E-state index in [9.17, 15) is 4.79 Å². The van der Waals surface area contributed by atoms with Gasteiger partial charge in [0, 0.05) is 30.0 Å². The molecule has 0 aliphatic carbocycles. The Hall–Kier alpha value is -0.100. The molecule has 0 unspecified atom stereocenters. The van der Waals surface area contributed by atoms with Gasteiger partial charge in [0.25, 0.3) is 5.91 Å². The molecule has 0 N–H and O–H groups in total. The normalized spacial score (nSPS) is 10.4. The van der Waals surface area contributed by atoms with Crippen LogP contribution >= 0.6 is 43.5 Å². The van der Waals surface area contributed by atoms with E-state index in [0.29, 0.717) is 35.6 Å². The van der Waals surface area contributed by atoms with Crippen molar-refractivity contribution in [2.75, 3.05) is 32.1 Å². The lowest BCUT2D eigenvalue weighted by Gasteiger charge is -2.22. The second-order valence-electron chi connectivity index (χ2n) is 3.58. The number of rotatable bonds is 6. The van der Waals surface area contributed by atoms with Gasteiger partial charge in [0.05, 0.1) is 17.2 Å². The molecule has 0 saturated heterocycles. The second kappa shape index (κ2) is 8.15. The van der Waals surface area contributed by atoms with Crippen molar-refractivity contribution in [1.82, 2.24) is 4.90 Å². The molecule has 1 aromatic carbocycles. The number of carbonyl (C=O) groups is 1. The van der Waals surface area contributed by atoms with Crippen molar-refractivity contribution in [1.29, 1.82) is 0 Å². The third-order valence-corrected chi connectivity index (χ3v) is 4.04. The van der Waals surface area contributed by atoms with Gasteiger partial charge in [-0.2, -0.15) is 0 Å². The van der Waals surface area contributed by atoms with Crippen LogP contribution in [0.15, 0.2) is 22.7 Å². The summed E-state index contributed by atoms with van der Waals surface area (Å²) in [7, 11) is 1.61. The third-order valence-electron chi connectivity index (χ3n) is 2.39. The maximum Gasteiger partial charge on any atom is 0.255 e. The van der Waals surface area contributed by atoms with Crippen LogP contribution in [0.4, 0.5) is 0 Å². The van der Waals surface area contributed by atoms with E-state index in [1.165, 1.54) is 0 Å². The molecule has 1 aromatic rings. The minimum absolute atomic E-state index is 0.0854. The zero-order valence-electron chi connectivity index (χ0n) is 9.96. The summed E-state index contributed by atoms with van der Waals surface area (Å²) < 4.78 is 5.73. The van der Waals surface area contributed by atoms with Crippen molar-refractivity contribution in [3.63, 3.8) is 0 Å². The van der Waals surface area contributed by atoms with Crippen molar-refractivity contribution in [2.24, 2.45) is 0 Å². The predicted molar refractivity (Wildman–Crippen MR) is 80.7 cm³/mol. The van der Waals surface area contributed by atoms with Crippen LogP contribution in [0.1, 0.15) is 10.4 Å². The van der Waals surface area contributed by atoms with Crippen LogP contribution in [0.25, 0.3) is 0 Å². The highest BCUT2D eigenvalue weighted by Gasteiger charge is 2.18. The Labute approximate surface area is 129 Å². The van der Waals surface area contributed by atoms with Crippen LogP contribution in [-0.2, 0) is 4.74 Å². The molecule has 18 heavy (non-hydrogen) atoms. The van der Waals surface area contributed by atoms with Crippen LogP contribution in [0.2, 0.25) is 5.02 Å². The minimum atomic E-state index is -0.0854. The molecule has 100 valence electrons. The van der Waals surface area contributed by atoms with E-state index >= 15 is 0 Å². The van der Waals surface area contributed by atoms with Crippen molar-refractivity contribution in [3.05, 3.63) is 33.3 Å². The van der Waals surface area contributed by atoms with Gasteiger partial charge in [0.15, 0.2) is 0 Å². The summed E-state index contributed by atoms with van der Waals surface area (Å²) in [6, 6.07) is 5.33. The number of hydrogen-bond donors (Lipinski definition) is 0. The average Bonchev–Trinajstić information content (AvgIpc) is 2.37. The van der Waals surface area contributed by atoms with Crippen molar-refractivity contribution < 1.29 is 9.53 Å². The average molecular weight is 400 g/mol. The fourth-order valence-corrected chi connectivity index (χ4v) is 2.46. The standard InChI is InChI=1S/C12H14Br2ClNO2/c1-18-8-7-16(6-5-13)12(17)9-3-2-4-10(14)11(9)15/h2-4H,5-8H2,1H3. The first kappa shape index (κ1) is 16.0. The van der Waals surface area contributed by atoms with Gasteiger partial charge in [-0.3, -0.25) is 4.79 Å². The van der Waals surface area contributed by atoms with E-state index in [1.54, 1.807) is 24.1 Å². The summed E-state index contributed by atoms with van der Waals surface area (Å²) in [5.41, 5.74) is 0.503. The van der Waals surface area contributed by atoms with Crippen molar-refractivity contribution in [3.8, 4) is 0 Å². The molecule has 0 aliphatic rings. The van der Waals surface area contributed by atoms with Crippen LogP contribution < -0.4 is 0 Å². The molecule has 6 heteroatoms. The zero-order chi connectivity index (χ0) is 13.5. The fourth-order valence-electron chi connectivity index (χ4n) is 1.46. The van der Waals surface area contributed by atoms with Crippen LogP contribution in [-0.4, -0.2) is 42.9 Å². The van der Waals surface area contributed by atoms with Gasteiger partial charge in [-0.25, -0.2) is 0 Å². The van der Waals surface area contributed by atoms with Crippen molar-refractivity contribution >= 4 is 49.4 Å². The zero-order valence-corrected chi connectivity index (χ0v) is 13.9. The summed E-state index contributed by atoms with van der Waals surface area (Å²) in [4.78, 5) is 14.1. The van der Waals surface area contributed by atoms with Gasteiger partial charge in [0.2, 0.25) is 0 Å². The number of amides is 1. The number of alkyl halides is 1. The number of hydrogen-bond acceptors (Lipinski definition) is 2. The minimum Gasteiger partial charge on any atom is -0.383 e. The first-order valence-corrected chi connectivity index (χ1v) is 7.69. The number of halogens is 3. The Morgan fingerprint density at radius 3 is 2.78 bits per heavy atom. The lowest BCUT2D eigenvalue weighted by molar-refractivity contribution is 0.0709. The summed E-state index contributed by atoms with van der Waals surface area (Å²) in [6.45, 7) is 1.67. The molecule has 3 nitrogen and oxygen atoms in total. The number of methoxy groups -OCH3 is 1. The largest absolute Gasteiger partial charge is 0.383 e. The quantitative estimate of drug-likeness (QED) is 0.685. The molecule has 0 aliphatic heterocycles. The van der Waals surface area contributed by atoms with E-state index < -0.39 is 0 Å². The molecule has 0 heterocycles. The molecular formula is C12H14Br2ClNO2. The number of carbonyl (C=O) groups excluding carboxylic acids is 1. The molecule has 1 amide bonds. The van der Waals surface area contributed by atoms with E-state index in [-0.39, 0.29) is 5.91 Å². The molecule has 0 radical (unpaired) electrons. The van der Waals surface area contributed by atoms with Crippen LogP contribution in [0.5, 0.6) is 0 Å². The monoisotopic (exact) mass is 397 g/mol. The van der Waals surface area contributed by atoms with E-state index in [4.69, 9.17) is 16.3 Å². The Kier molecular flexibility index (Phi) is 7.22. The topological polar surface area (TPSA) is 29.5 Å². The molecule has 0 saturated carbocycles. The Balaban J connectivity index is 2.90. The number of nitrogens with zero attached hydrogens (tertiary/aromatic N) is 1. The lowest BCUT2D eigenvalue weighted by atomic mass is 10.2. The molecule has 1 rings (SSSR count). The third kappa shape index (κ3) is 4.23. The first-order chi connectivity index (χ1) is 8.61. The van der Waals surface area contributed by atoms with E-state index in [2.05, 4.69) is 31.9 Å². The molecule has 0 atom stereocenters. The Morgan fingerprint density at radius 2 is 2.17 bits per heavy atom. The van der Waals surface area contributed by atoms with E-state index in [1.807, 2.05) is 6.07 Å². The Morgan fingerprint density at radius 1 is 1.44 bits per heavy atom. The number of ether oxygens (including phenoxy) is 1. The summed E-state index contributed by atoms with van der Waals surface area (Å²) in [6.07, 6.45) is 0. The van der Waals surface area contributed by atoms with Gasteiger partial charge in [-0.05, 0) is 28.1 Å². The maximum atomic E-state index is 12.4. The van der Waals surface area contributed by atoms with Crippen LogP contribution in [0.3, 0.4) is 0 Å². The SMILES string of the molecule is COCCN(CCBr)C(=O)c1cccc(Br)c1Cl. The summed E-state index contributed by atoms with van der Waals surface area (Å²) in [5, 5.41) is 1.16. The predicted octanol–water partition coefficient (Wildman–Crippen LogP) is 3.59. The molecular weight excluding hydrogens is 385 g/mol. The highest BCUT2D eigenvalue weighted by Crippen LogP contribution is 2.26. The molecule has 0 bridgehead atoms. The van der Waals surface area contributed by atoms with Gasteiger partial charge in [-0.1, -0.05) is 33.6 Å². The Bertz CT molecular complexity index is 415. The van der Waals surface area contributed by atoms with Crippen LogP contribution in [0, 0.1) is 0 Å². The fraction of sp³-hybridized carbons (Fsp3) is 0.417. The summed E-state index contributed by atoms with van der Waals surface area (Å²) in [5.74, 6) is -0.0854. The summed E-state index contributed by atoms with van der Waals surface area (Å²) >= 11 is 12.8. The number of benzene rings is 1. The second-order valence-corrected chi connectivity index (χ2v) is 5.60. The van der Waals surface area contributed by atoms with Gasteiger partial charge < -0.3 is 9.64 Å². The molecule has 0 spiro atoms.